The van der Waals surface area contributed by atoms with Crippen molar-refractivity contribution < 1.29 is 22.7 Å². The monoisotopic (exact) mass is 542 g/mol. The highest BCUT2D eigenvalue weighted by Crippen LogP contribution is 2.37. The third-order valence-corrected chi connectivity index (χ3v) is 8.24. The average molecular weight is 543 g/mol. The molecule has 3 atom stereocenters. The number of hydrogen-bond acceptors (Lipinski definition) is 4. The van der Waals surface area contributed by atoms with Crippen LogP contribution in [0.4, 0.5) is 18.9 Å². The maximum Gasteiger partial charge on any atom is 0.255 e. The molecule has 3 rings (SSSR count). The lowest BCUT2D eigenvalue weighted by Crippen LogP contribution is -2.39. The Labute approximate surface area is 220 Å². The Morgan fingerprint density at radius 2 is 1.81 bits per heavy atom. The van der Waals surface area contributed by atoms with Crippen LogP contribution < -0.4 is 5.32 Å². The smallest absolute Gasteiger partial charge is 0.255 e. The second-order valence-electron chi connectivity index (χ2n) is 9.48. The van der Waals surface area contributed by atoms with Crippen LogP contribution in [-0.2, 0) is 4.74 Å². The molecular weight excluding hydrogens is 509 g/mol. The summed E-state index contributed by atoms with van der Waals surface area (Å²) < 4.78 is 45.7. The molecule has 0 radical (unpaired) electrons. The van der Waals surface area contributed by atoms with Crippen LogP contribution in [0.3, 0.4) is 0 Å². The lowest BCUT2D eigenvalue weighted by atomic mass is 9.89. The molecule has 1 aliphatic rings. The van der Waals surface area contributed by atoms with Crippen molar-refractivity contribution in [3.63, 3.8) is 0 Å². The summed E-state index contributed by atoms with van der Waals surface area (Å²) in [5.41, 5.74) is 0.137. The van der Waals surface area contributed by atoms with E-state index >= 15 is 0 Å². The summed E-state index contributed by atoms with van der Waals surface area (Å²) in [4.78, 5) is 16.0. The van der Waals surface area contributed by atoms with Crippen LogP contribution in [0.25, 0.3) is 0 Å². The Kier molecular flexibility index (Phi) is 11.0. The number of anilines is 1. The molecule has 0 bridgehead atoms. The zero-order chi connectivity index (χ0) is 26.2. The summed E-state index contributed by atoms with van der Waals surface area (Å²) in [6.45, 7) is 11.3. The zero-order valence-electron chi connectivity index (χ0n) is 21.0. The van der Waals surface area contributed by atoms with Crippen LogP contribution in [0.5, 0.6) is 0 Å². The van der Waals surface area contributed by atoms with E-state index in [0.717, 1.165) is 69.1 Å². The van der Waals surface area contributed by atoms with Crippen molar-refractivity contribution in [2.24, 2.45) is 11.8 Å². The second-order valence-corrected chi connectivity index (χ2v) is 11.3. The predicted octanol–water partition coefficient (Wildman–Crippen LogP) is 7.26. The third-order valence-electron chi connectivity index (χ3n) is 6.45. The van der Waals surface area contributed by atoms with E-state index in [1.165, 1.54) is 0 Å². The van der Waals surface area contributed by atoms with Crippen molar-refractivity contribution in [2.45, 2.75) is 50.2 Å². The Morgan fingerprint density at radius 3 is 2.44 bits per heavy atom. The number of morpholine rings is 1. The first-order valence-corrected chi connectivity index (χ1v) is 13.7. The molecule has 0 saturated carbocycles. The fourth-order valence-electron chi connectivity index (χ4n) is 4.59. The topological polar surface area (TPSA) is 41.6 Å². The fraction of sp³-hybridized carbons (Fsp3) is 0.519. The molecule has 198 valence electrons. The standard InChI is InChI=1S/C27H34ClF3N2O2S/c1-4-5-19(12-17(2)16-33-8-10-35-11-9-33)18(3)36-25-13-20(6-7-22(25)28)27(34)32-21-14-23(29)26(31)24(30)15-21/h6-7,13-15,17-19H,4-5,8-12,16H2,1-3H3,(H,32,34). The highest BCUT2D eigenvalue weighted by atomic mass is 35.5. The number of rotatable bonds is 11. The second kappa shape index (κ2) is 13.7. The number of hydrogen-bond donors (Lipinski definition) is 1. The molecule has 2 aromatic rings. The van der Waals surface area contributed by atoms with E-state index in [2.05, 4.69) is 31.0 Å². The van der Waals surface area contributed by atoms with E-state index in [0.29, 0.717) is 22.4 Å². The molecule has 2 aromatic carbocycles. The van der Waals surface area contributed by atoms with Crippen molar-refractivity contribution in [2.75, 3.05) is 38.2 Å². The van der Waals surface area contributed by atoms with Crippen molar-refractivity contribution in [1.82, 2.24) is 4.90 Å². The molecule has 3 unspecified atom stereocenters. The van der Waals surface area contributed by atoms with Crippen molar-refractivity contribution >= 4 is 35.0 Å². The molecule has 1 amide bonds. The lowest BCUT2D eigenvalue weighted by molar-refractivity contribution is 0.0301. The number of ether oxygens (including phenoxy) is 1. The molecule has 1 aliphatic heterocycles. The van der Waals surface area contributed by atoms with Crippen LogP contribution in [0.2, 0.25) is 5.02 Å². The zero-order valence-corrected chi connectivity index (χ0v) is 22.5. The lowest BCUT2D eigenvalue weighted by Gasteiger charge is -2.32. The summed E-state index contributed by atoms with van der Waals surface area (Å²) in [5, 5.41) is 3.24. The Balaban J connectivity index is 1.66. The van der Waals surface area contributed by atoms with Crippen LogP contribution in [-0.4, -0.2) is 48.9 Å². The van der Waals surface area contributed by atoms with Gasteiger partial charge in [-0.15, -0.1) is 11.8 Å². The molecule has 0 aromatic heterocycles. The van der Waals surface area contributed by atoms with E-state index in [1.807, 2.05) is 0 Å². The van der Waals surface area contributed by atoms with Crippen LogP contribution in [0.15, 0.2) is 35.2 Å². The van der Waals surface area contributed by atoms with Gasteiger partial charge in [0.15, 0.2) is 17.5 Å². The van der Waals surface area contributed by atoms with Gasteiger partial charge >= 0.3 is 0 Å². The average Bonchev–Trinajstić information content (AvgIpc) is 2.84. The number of nitrogens with zero attached hydrogens (tertiary/aromatic N) is 1. The number of nitrogens with one attached hydrogen (secondary N) is 1. The summed E-state index contributed by atoms with van der Waals surface area (Å²) >= 11 is 8.10. The first-order valence-electron chi connectivity index (χ1n) is 12.4. The molecule has 0 spiro atoms. The number of carbonyl (C=O) groups is 1. The van der Waals surface area contributed by atoms with Crippen LogP contribution in [0, 0.1) is 29.3 Å². The van der Waals surface area contributed by atoms with Gasteiger partial charge in [-0.05, 0) is 42.9 Å². The van der Waals surface area contributed by atoms with Crippen LogP contribution in [0.1, 0.15) is 50.4 Å². The Bertz CT molecular complexity index is 1010. The quantitative estimate of drug-likeness (QED) is 0.239. The van der Waals surface area contributed by atoms with Crippen molar-refractivity contribution in [3.05, 3.63) is 58.4 Å². The first kappa shape index (κ1) is 28.8. The van der Waals surface area contributed by atoms with Crippen molar-refractivity contribution in [3.8, 4) is 0 Å². The van der Waals surface area contributed by atoms with Gasteiger partial charge in [-0.2, -0.15) is 0 Å². The molecule has 0 aliphatic carbocycles. The van der Waals surface area contributed by atoms with Gasteiger partial charge in [0.2, 0.25) is 0 Å². The minimum Gasteiger partial charge on any atom is -0.379 e. The van der Waals surface area contributed by atoms with Gasteiger partial charge in [0, 0.05) is 53.2 Å². The van der Waals surface area contributed by atoms with E-state index in [1.54, 1.807) is 30.0 Å². The van der Waals surface area contributed by atoms with Gasteiger partial charge in [-0.1, -0.05) is 38.8 Å². The SMILES string of the molecule is CCCC(CC(C)CN1CCOCC1)C(C)Sc1cc(C(=O)Nc2cc(F)c(F)c(F)c2)ccc1Cl. The molecular formula is C27H34ClF3N2O2S. The van der Waals surface area contributed by atoms with Crippen LogP contribution >= 0.6 is 23.4 Å². The molecule has 1 saturated heterocycles. The predicted molar refractivity (Wildman–Crippen MR) is 140 cm³/mol. The summed E-state index contributed by atoms with van der Waals surface area (Å²) in [5.74, 6) is -3.84. The maximum atomic E-state index is 13.5. The Morgan fingerprint density at radius 1 is 1.14 bits per heavy atom. The van der Waals surface area contributed by atoms with E-state index in [4.69, 9.17) is 16.3 Å². The molecule has 1 heterocycles. The number of amides is 1. The van der Waals surface area contributed by atoms with Gasteiger partial charge < -0.3 is 10.1 Å². The molecule has 1 N–H and O–H groups in total. The number of thioether (sulfide) groups is 1. The number of halogens is 4. The highest BCUT2D eigenvalue weighted by molar-refractivity contribution is 8.00. The summed E-state index contributed by atoms with van der Waals surface area (Å²) in [6, 6.07) is 6.38. The molecule has 4 nitrogen and oxygen atoms in total. The maximum absolute atomic E-state index is 13.5. The van der Waals surface area contributed by atoms with E-state index in [9.17, 15) is 18.0 Å². The van der Waals surface area contributed by atoms with Crippen molar-refractivity contribution in [1.29, 1.82) is 0 Å². The van der Waals surface area contributed by atoms with Gasteiger partial charge in [-0.25, -0.2) is 13.2 Å². The fourth-order valence-corrected chi connectivity index (χ4v) is 6.06. The van der Waals surface area contributed by atoms with Gasteiger partial charge in [0.25, 0.3) is 5.91 Å². The largest absolute Gasteiger partial charge is 0.379 e. The third kappa shape index (κ3) is 8.13. The summed E-state index contributed by atoms with van der Waals surface area (Å²) in [6.07, 6.45) is 3.28. The highest BCUT2D eigenvalue weighted by Gasteiger charge is 2.23. The van der Waals surface area contributed by atoms with Gasteiger partial charge in [0.05, 0.1) is 18.2 Å². The minimum atomic E-state index is -1.58. The Hall–Kier alpha value is -1.74. The van der Waals surface area contributed by atoms with E-state index in [-0.39, 0.29) is 10.9 Å². The molecule has 1 fully saturated rings. The summed E-state index contributed by atoms with van der Waals surface area (Å²) in [7, 11) is 0. The normalized spacial score (nSPS) is 17.0. The number of benzene rings is 2. The number of carbonyl (C=O) groups excluding carboxylic acids is 1. The first-order chi connectivity index (χ1) is 17.2. The molecule has 9 heteroatoms. The molecule has 36 heavy (non-hydrogen) atoms. The van der Waals surface area contributed by atoms with E-state index < -0.39 is 23.4 Å². The van der Waals surface area contributed by atoms with Gasteiger partial charge in [-0.3, -0.25) is 9.69 Å². The van der Waals surface area contributed by atoms with Gasteiger partial charge in [0.1, 0.15) is 0 Å². The minimum absolute atomic E-state index is 0.161.